The number of hydrogen-bond donors (Lipinski definition) is 1. The first-order chi connectivity index (χ1) is 17.2. The molecule has 0 saturated carbocycles. The van der Waals surface area contributed by atoms with E-state index in [-0.39, 0.29) is 0 Å². The summed E-state index contributed by atoms with van der Waals surface area (Å²) >= 11 is 0. The molecule has 1 aromatic heterocycles. The number of rotatable bonds is 11. The number of nitrogens with zero attached hydrogens (tertiary/aromatic N) is 2. The van der Waals surface area contributed by atoms with E-state index in [0.29, 0.717) is 6.61 Å². The maximum Gasteiger partial charge on any atom is 0.127 e. The molecule has 4 heteroatoms. The van der Waals surface area contributed by atoms with Gasteiger partial charge in [0.25, 0.3) is 0 Å². The number of aliphatic hydroxyl groups is 1. The van der Waals surface area contributed by atoms with Crippen molar-refractivity contribution in [1.29, 1.82) is 0 Å². The lowest BCUT2D eigenvalue weighted by Gasteiger charge is -2.37. The van der Waals surface area contributed by atoms with Gasteiger partial charge in [0, 0.05) is 12.7 Å². The molecule has 0 unspecified atom stereocenters. The Morgan fingerprint density at radius 3 is 1.97 bits per heavy atom. The lowest BCUT2D eigenvalue weighted by Crippen LogP contribution is -2.36. The van der Waals surface area contributed by atoms with Gasteiger partial charge in [-0.2, -0.15) is 0 Å². The summed E-state index contributed by atoms with van der Waals surface area (Å²) < 4.78 is 6.01. The maximum absolute atomic E-state index is 12.6. The van der Waals surface area contributed by atoms with Gasteiger partial charge in [0.1, 0.15) is 18.0 Å². The van der Waals surface area contributed by atoms with Crippen LogP contribution in [-0.4, -0.2) is 41.2 Å². The van der Waals surface area contributed by atoms with Crippen LogP contribution in [0.5, 0.6) is 5.75 Å². The van der Waals surface area contributed by atoms with E-state index in [4.69, 9.17) is 4.74 Å². The molecule has 0 bridgehead atoms. The van der Waals surface area contributed by atoms with E-state index < -0.39 is 11.5 Å². The average molecular weight is 467 g/mol. The average Bonchev–Trinajstić information content (AvgIpc) is 2.93. The van der Waals surface area contributed by atoms with Crippen LogP contribution < -0.4 is 4.74 Å². The second-order valence-corrected chi connectivity index (χ2v) is 8.63. The molecule has 0 aliphatic rings. The van der Waals surface area contributed by atoms with Crippen molar-refractivity contribution in [3.05, 3.63) is 132 Å². The van der Waals surface area contributed by atoms with Crippen LogP contribution in [0, 0.1) is 0 Å². The van der Waals surface area contributed by atoms with Crippen molar-refractivity contribution in [2.24, 2.45) is 0 Å². The zero-order valence-electron chi connectivity index (χ0n) is 20.5. The minimum Gasteiger partial charge on any atom is -0.492 e. The Kier molecular flexibility index (Phi) is 8.30. The quantitative estimate of drug-likeness (QED) is 0.300. The summed E-state index contributed by atoms with van der Waals surface area (Å²) in [6.45, 7) is 7.86. The second kappa shape index (κ2) is 11.8. The van der Waals surface area contributed by atoms with Crippen molar-refractivity contribution in [3.63, 3.8) is 0 Å². The summed E-state index contributed by atoms with van der Waals surface area (Å²) in [5.74, 6) is 0.396. The van der Waals surface area contributed by atoms with Crippen molar-refractivity contribution in [2.45, 2.75) is 25.4 Å². The van der Waals surface area contributed by atoms with Gasteiger partial charge in [-0.3, -0.25) is 4.98 Å². The minimum absolute atomic E-state index is 0.401. The molecule has 1 N–H and O–H groups in total. The van der Waals surface area contributed by atoms with Gasteiger partial charge in [0.15, 0.2) is 0 Å². The smallest absolute Gasteiger partial charge is 0.127 e. The molecule has 1 heterocycles. The molecule has 0 aliphatic carbocycles. The molecule has 0 spiro atoms. The zero-order chi connectivity index (χ0) is 24.5. The van der Waals surface area contributed by atoms with Crippen LogP contribution >= 0.6 is 0 Å². The highest BCUT2D eigenvalue weighted by Gasteiger charge is 2.42. The molecule has 4 nitrogen and oxygen atoms in total. The van der Waals surface area contributed by atoms with E-state index in [1.165, 1.54) is 0 Å². The Bertz CT molecular complexity index is 1110. The van der Waals surface area contributed by atoms with Gasteiger partial charge in [-0.15, -0.1) is 0 Å². The van der Waals surface area contributed by atoms with Crippen molar-refractivity contribution in [2.75, 3.05) is 26.2 Å². The van der Waals surface area contributed by atoms with Crippen molar-refractivity contribution in [1.82, 2.24) is 9.88 Å². The predicted octanol–water partition coefficient (Wildman–Crippen LogP) is 5.87. The van der Waals surface area contributed by atoms with Gasteiger partial charge in [0.2, 0.25) is 0 Å². The third kappa shape index (κ3) is 5.61. The first kappa shape index (κ1) is 24.6. The van der Waals surface area contributed by atoms with Crippen molar-refractivity contribution in [3.8, 4) is 5.75 Å². The van der Waals surface area contributed by atoms with Gasteiger partial charge >= 0.3 is 0 Å². The van der Waals surface area contributed by atoms with E-state index in [9.17, 15) is 5.11 Å². The number of hydrogen-bond acceptors (Lipinski definition) is 4. The van der Waals surface area contributed by atoms with E-state index >= 15 is 0 Å². The predicted molar refractivity (Wildman–Crippen MR) is 142 cm³/mol. The molecular formula is C31H34N2O2. The van der Waals surface area contributed by atoms with Crippen LogP contribution in [-0.2, 0) is 5.60 Å². The summed E-state index contributed by atoms with van der Waals surface area (Å²) in [6, 6.07) is 33.7. The fraction of sp³-hybridized carbons (Fsp3) is 0.258. The lowest BCUT2D eigenvalue weighted by atomic mass is 9.71. The molecule has 180 valence electrons. The van der Waals surface area contributed by atoms with E-state index in [2.05, 4.69) is 35.9 Å². The maximum atomic E-state index is 12.6. The molecule has 35 heavy (non-hydrogen) atoms. The largest absolute Gasteiger partial charge is 0.492 e. The number of pyridine rings is 1. The van der Waals surface area contributed by atoms with Gasteiger partial charge in [-0.1, -0.05) is 92.7 Å². The fourth-order valence-corrected chi connectivity index (χ4v) is 4.65. The molecule has 4 rings (SSSR count). The summed E-state index contributed by atoms with van der Waals surface area (Å²) in [5, 5.41) is 12.6. The Morgan fingerprint density at radius 2 is 1.37 bits per heavy atom. The van der Waals surface area contributed by atoms with Crippen LogP contribution in [0.25, 0.3) is 0 Å². The SMILES string of the molecule is CCN(CC)CCOc1ccc([C@@](O)(c2ccccc2)[C@H](c2ccccc2)c2ccccn2)cc1. The summed E-state index contributed by atoms with van der Waals surface area (Å²) in [7, 11) is 0. The van der Waals surface area contributed by atoms with E-state index in [1.54, 1.807) is 6.20 Å². The zero-order valence-corrected chi connectivity index (χ0v) is 20.5. The van der Waals surface area contributed by atoms with Gasteiger partial charge in [-0.25, -0.2) is 0 Å². The summed E-state index contributed by atoms with van der Waals surface area (Å²) in [5.41, 5.74) is 2.08. The molecule has 0 amide bonds. The van der Waals surface area contributed by atoms with Gasteiger partial charge in [-0.05, 0) is 54.0 Å². The Morgan fingerprint density at radius 1 is 0.771 bits per heavy atom. The molecule has 0 aliphatic heterocycles. The standard InChI is InChI=1S/C31H34N2O2/c1-3-33(4-2)23-24-35-28-20-18-27(19-21-28)31(34,26-15-9-6-10-16-26)30(25-13-7-5-8-14-25)29-17-11-12-22-32-29/h5-22,30,34H,3-4,23-24H2,1-2H3/t30-,31+/m1/s1. The minimum atomic E-state index is -1.34. The number of benzene rings is 3. The summed E-state index contributed by atoms with van der Waals surface area (Å²) in [6.07, 6.45) is 1.78. The monoisotopic (exact) mass is 466 g/mol. The lowest BCUT2D eigenvalue weighted by molar-refractivity contribution is 0.0611. The van der Waals surface area contributed by atoms with E-state index in [1.807, 2.05) is 91.0 Å². The molecule has 0 radical (unpaired) electrons. The fourth-order valence-electron chi connectivity index (χ4n) is 4.65. The molecule has 4 aromatic rings. The van der Waals surface area contributed by atoms with Crippen LogP contribution in [0.3, 0.4) is 0 Å². The topological polar surface area (TPSA) is 45.6 Å². The van der Waals surface area contributed by atoms with Gasteiger partial charge in [0.05, 0.1) is 11.6 Å². The molecule has 3 aromatic carbocycles. The molecule has 0 saturated heterocycles. The van der Waals surface area contributed by atoms with Crippen LogP contribution in [0.1, 0.15) is 42.1 Å². The third-order valence-corrected chi connectivity index (χ3v) is 6.61. The molecule has 0 fully saturated rings. The normalized spacial score (nSPS) is 13.8. The summed E-state index contributed by atoms with van der Waals surface area (Å²) in [4.78, 5) is 7.01. The van der Waals surface area contributed by atoms with Gasteiger partial charge < -0.3 is 14.7 Å². The highest BCUT2D eigenvalue weighted by atomic mass is 16.5. The molecular weight excluding hydrogens is 432 g/mol. The third-order valence-electron chi connectivity index (χ3n) is 6.61. The Labute approximate surface area is 208 Å². The number of aromatic nitrogens is 1. The van der Waals surface area contributed by atoms with Crippen molar-refractivity contribution >= 4 is 0 Å². The number of ether oxygens (including phenoxy) is 1. The first-order valence-electron chi connectivity index (χ1n) is 12.4. The Hall–Kier alpha value is -3.47. The highest BCUT2D eigenvalue weighted by molar-refractivity contribution is 5.47. The van der Waals surface area contributed by atoms with Crippen LogP contribution in [0.2, 0.25) is 0 Å². The highest BCUT2D eigenvalue weighted by Crippen LogP contribution is 2.46. The molecule has 2 atom stereocenters. The van der Waals surface area contributed by atoms with Crippen LogP contribution in [0.15, 0.2) is 109 Å². The van der Waals surface area contributed by atoms with Crippen molar-refractivity contribution < 1.29 is 9.84 Å². The first-order valence-corrected chi connectivity index (χ1v) is 12.4. The van der Waals surface area contributed by atoms with E-state index in [0.717, 1.165) is 47.8 Å². The van der Waals surface area contributed by atoms with Crippen LogP contribution in [0.4, 0.5) is 0 Å². The number of likely N-dealkylation sites (N-methyl/N-ethyl adjacent to an activating group) is 1. The second-order valence-electron chi connectivity index (χ2n) is 8.63. The Balaban J connectivity index is 1.74.